The van der Waals surface area contributed by atoms with Crippen LogP contribution in [0.15, 0.2) is 24.3 Å². The largest absolute Gasteiger partial charge is 0.395 e. The SMILES string of the molecule is OCCC#Cc1cccc(CN2CCOC(CO)C2)c1. The van der Waals surface area contributed by atoms with Gasteiger partial charge in [0.1, 0.15) is 0 Å². The first-order valence-electron chi connectivity index (χ1n) is 6.95. The smallest absolute Gasteiger partial charge is 0.0933 e. The van der Waals surface area contributed by atoms with Gasteiger partial charge in [0.15, 0.2) is 0 Å². The highest BCUT2D eigenvalue weighted by atomic mass is 16.5. The summed E-state index contributed by atoms with van der Waals surface area (Å²) >= 11 is 0. The summed E-state index contributed by atoms with van der Waals surface area (Å²) in [6, 6.07) is 8.14. The lowest BCUT2D eigenvalue weighted by Gasteiger charge is -2.32. The maximum absolute atomic E-state index is 9.15. The molecule has 0 aromatic heterocycles. The van der Waals surface area contributed by atoms with Gasteiger partial charge in [0.2, 0.25) is 0 Å². The van der Waals surface area contributed by atoms with Crippen LogP contribution in [0.25, 0.3) is 0 Å². The maximum Gasteiger partial charge on any atom is 0.0933 e. The van der Waals surface area contributed by atoms with E-state index >= 15 is 0 Å². The Morgan fingerprint density at radius 1 is 1.35 bits per heavy atom. The van der Waals surface area contributed by atoms with E-state index in [9.17, 15) is 0 Å². The van der Waals surface area contributed by atoms with Gasteiger partial charge in [0.25, 0.3) is 0 Å². The molecule has 1 aliphatic rings. The van der Waals surface area contributed by atoms with Crippen LogP contribution in [0.5, 0.6) is 0 Å². The summed E-state index contributed by atoms with van der Waals surface area (Å²) in [5.41, 5.74) is 2.18. The highest BCUT2D eigenvalue weighted by Gasteiger charge is 2.19. The van der Waals surface area contributed by atoms with Gasteiger partial charge in [-0.15, -0.1) is 0 Å². The van der Waals surface area contributed by atoms with Crippen LogP contribution in [0.4, 0.5) is 0 Å². The van der Waals surface area contributed by atoms with Crippen LogP contribution in [-0.2, 0) is 11.3 Å². The highest BCUT2D eigenvalue weighted by Crippen LogP contribution is 2.11. The zero-order chi connectivity index (χ0) is 14.2. The molecule has 0 spiro atoms. The Bertz CT molecular complexity index is 478. The van der Waals surface area contributed by atoms with Crippen LogP contribution in [-0.4, -0.2) is 54.1 Å². The number of morpholine rings is 1. The van der Waals surface area contributed by atoms with E-state index < -0.39 is 0 Å². The quantitative estimate of drug-likeness (QED) is 0.791. The Morgan fingerprint density at radius 3 is 3.05 bits per heavy atom. The van der Waals surface area contributed by atoms with Crippen molar-refractivity contribution in [2.24, 2.45) is 0 Å². The number of nitrogens with zero attached hydrogens (tertiary/aromatic N) is 1. The molecule has 20 heavy (non-hydrogen) atoms. The molecule has 1 unspecified atom stereocenters. The second-order valence-electron chi connectivity index (χ2n) is 4.89. The van der Waals surface area contributed by atoms with Crippen LogP contribution in [0, 0.1) is 11.8 Å². The Kier molecular flexibility index (Phi) is 6.03. The molecule has 2 N–H and O–H groups in total. The van der Waals surface area contributed by atoms with Crippen molar-refractivity contribution in [3.63, 3.8) is 0 Å². The van der Waals surface area contributed by atoms with E-state index in [4.69, 9.17) is 14.9 Å². The summed E-state index contributed by atoms with van der Waals surface area (Å²) in [4.78, 5) is 2.28. The molecule has 1 aromatic carbocycles. The van der Waals surface area contributed by atoms with Gasteiger partial charge in [-0.25, -0.2) is 0 Å². The Hall–Kier alpha value is -1.38. The second-order valence-corrected chi connectivity index (χ2v) is 4.89. The van der Waals surface area contributed by atoms with E-state index in [1.807, 2.05) is 12.1 Å². The lowest BCUT2D eigenvalue weighted by Crippen LogP contribution is -2.43. The van der Waals surface area contributed by atoms with Crippen LogP contribution in [0.3, 0.4) is 0 Å². The molecule has 1 aliphatic heterocycles. The second kappa shape index (κ2) is 8.03. The normalized spacial score (nSPS) is 19.4. The molecule has 1 saturated heterocycles. The minimum absolute atomic E-state index is 0.0726. The van der Waals surface area contributed by atoms with Gasteiger partial charge in [-0.05, 0) is 17.7 Å². The van der Waals surface area contributed by atoms with Gasteiger partial charge in [-0.3, -0.25) is 4.90 Å². The number of aliphatic hydroxyl groups excluding tert-OH is 2. The highest BCUT2D eigenvalue weighted by molar-refractivity contribution is 5.37. The molecule has 0 radical (unpaired) electrons. The van der Waals surface area contributed by atoms with E-state index in [-0.39, 0.29) is 19.3 Å². The molecular weight excluding hydrogens is 254 g/mol. The Balaban J connectivity index is 1.96. The van der Waals surface area contributed by atoms with Crippen molar-refractivity contribution in [3.05, 3.63) is 35.4 Å². The number of aliphatic hydroxyl groups is 2. The molecular formula is C16H21NO3. The van der Waals surface area contributed by atoms with E-state index in [1.165, 1.54) is 5.56 Å². The lowest BCUT2D eigenvalue weighted by molar-refractivity contribution is -0.0551. The van der Waals surface area contributed by atoms with Gasteiger partial charge in [0.05, 0.1) is 25.9 Å². The van der Waals surface area contributed by atoms with E-state index in [2.05, 4.69) is 28.9 Å². The van der Waals surface area contributed by atoms with Crippen molar-refractivity contribution in [1.82, 2.24) is 4.90 Å². The van der Waals surface area contributed by atoms with Crippen molar-refractivity contribution in [1.29, 1.82) is 0 Å². The zero-order valence-corrected chi connectivity index (χ0v) is 11.6. The van der Waals surface area contributed by atoms with Gasteiger partial charge in [-0.1, -0.05) is 24.0 Å². The molecule has 4 nitrogen and oxygen atoms in total. The first kappa shape index (κ1) is 15.0. The first-order chi connectivity index (χ1) is 9.81. The predicted octanol–water partition coefficient (Wildman–Crippen LogP) is 0.614. The summed E-state index contributed by atoms with van der Waals surface area (Å²) in [6.45, 7) is 3.33. The molecule has 1 fully saturated rings. The average Bonchev–Trinajstić information content (AvgIpc) is 2.48. The fourth-order valence-electron chi connectivity index (χ4n) is 2.26. The molecule has 2 rings (SSSR count). The van der Waals surface area contributed by atoms with Crippen LogP contribution >= 0.6 is 0 Å². The number of benzene rings is 1. The molecule has 1 aromatic rings. The summed E-state index contributed by atoms with van der Waals surface area (Å²) in [6.07, 6.45) is 0.433. The first-order valence-corrected chi connectivity index (χ1v) is 6.95. The van der Waals surface area contributed by atoms with E-state index in [1.54, 1.807) is 0 Å². The van der Waals surface area contributed by atoms with Gasteiger partial charge >= 0.3 is 0 Å². The van der Waals surface area contributed by atoms with Crippen molar-refractivity contribution in [2.45, 2.75) is 19.1 Å². The van der Waals surface area contributed by atoms with Gasteiger partial charge in [-0.2, -0.15) is 0 Å². The molecule has 1 heterocycles. The minimum atomic E-state index is -0.0729. The molecule has 0 amide bonds. The van der Waals surface area contributed by atoms with Gasteiger partial charge < -0.3 is 14.9 Å². The molecule has 0 saturated carbocycles. The van der Waals surface area contributed by atoms with Crippen LogP contribution in [0.2, 0.25) is 0 Å². The maximum atomic E-state index is 9.15. The van der Waals surface area contributed by atoms with Crippen molar-refractivity contribution < 1.29 is 14.9 Å². The topological polar surface area (TPSA) is 52.9 Å². The number of rotatable bonds is 4. The standard InChI is InChI=1S/C16H21NO3/c18-8-2-1-4-14-5-3-6-15(10-14)11-17-7-9-20-16(12-17)13-19/h3,5-6,10,16,18-19H,2,7-9,11-13H2. The summed E-state index contributed by atoms with van der Waals surface area (Å²) < 4.78 is 5.45. The molecule has 0 bridgehead atoms. The fourth-order valence-corrected chi connectivity index (χ4v) is 2.26. The molecule has 108 valence electrons. The Labute approximate surface area is 120 Å². The predicted molar refractivity (Wildman–Crippen MR) is 77.1 cm³/mol. The third kappa shape index (κ3) is 4.62. The third-order valence-electron chi connectivity index (χ3n) is 3.23. The van der Waals surface area contributed by atoms with Crippen LogP contribution in [0.1, 0.15) is 17.5 Å². The van der Waals surface area contributed by atoms with Crippen molar-refractivity contribution in [3.8, 4) is 11.8 Å². The zero-order valence-electron chi connectivity index (χ0n) is 11.6. The monoisotopic (exact) mass is 275 g/mol. The number of ether oxygens (including phenoxy) is 1. The number of hydrogen-bond acceptors (Lipinski definition) is 4. The Morgan fingerprint density at radius 2 is 2.25 bits per heavy atom. The third-order valence-corrected chi connectivity index (χ3v) is 3.23. The molecule has 4 heteroatoms. The minimum Gasteiger partial charge on any atom is -0.395 e. The molecule has 1 atom stereocenters. The fraction of sp³-hybridized carbons (Fsp3) is 0.500. The van der Waals surface area contributed by atoms with Gasteiger partial charge in [0, 0.05) is 31.6 Å². The summed E-state index contributed by atoms with van der Waals surface area (Å²) in [5, 5.41) is 17.9. The number of hydrogen-bond donors (Lipinski definition) is 2. The summed E-state index contributed by atoms with van der Waals surface area (Å²) in [7, 11) is 0. The van der Waals surface area contributed by atoms with Crippen molar-refractivity contribution in [2.75, 3.05) is 32.9 Å². The summed E-state index contributed by atoms with van der Waals surface area (Å²) in [5.74, 6) is 5.98. The van der Waals surface area contributed by atoms with Crippen LogP contribution < -0.4 is 0 Å². The van der Waals surface area contributed by atoms with E-state index in [0.29, 0.717) is 13.0 Å². The average molecular weight is 275 g/mol. The van der Waals surface area contributed by atoms with E-state index in [0.717, 1.165) is 25.2 Å². The van der Waals surface area contributed by atoms with Crippen molar-refractivity contribution >= 4 is 0 Å². The lowest BCUT2D eigenvalue weighted by atomic mass is 10.1. The molecule has 0 aliphatic carbocycles.